The molecule has 0 radical (unpaired) electrons. The number of carbonyl (C=O) groups is 2. The van der Waals surface area contributed by atoms with Crippen LogP contribution >= 0.6 is 0 Å². The van der Waals surface area contributed by atoms with Crippen LogP contribution in [0.2, 0.25) is 0 Å². The van der Waals surface area contributed by atoms with E-state index in [1.54, 1.807) is 0 Å². The summed E-state index contributed by atoms with van der Waals surface area (Å²) in [5.74, 6) is -2.46. The summed E-state index contributed by atoms with van der Waals surface area (Å²) in [6, 6.07) is 0. The Morgan fingerprint density at radius 1 is 1.67 bits per heavy atom. The molecule has 0 aromatic heterocycles. The molecule has 0 amide bonds. The maximum absolute atomic E-state index is 10.7. The van der Waals surface area contributed by atoms with Gasteiger partial charge in [0.25, 0.3) is 0 Å². The van der Waals surface area contributed by atoms with Crippen LogP contribution in [0, 0.1) is 0 Å². The third-order valence-electron chi connectivity index (χ3n) is 1.21. The molecule has 0 fully saturated rings. The molecule has 0 unspecified atom stereocenters. The zero-order chi connectivity index (χ0) is 8.43. The van der Waals surface area contributed by atoms with Crippen LogP contribution in [0.25, 0.3) is 0 Å². The second-order valence-corrected chi connectivity index (χ2v) is 1.87. The van der Waals surface area contributed by atoms with Crippen molar-refractivity contribution in [2.45, 2.75) is 0 Å². The summed E-state index contributed by atoms with van der Waals surface area (Å²) < 4.78 is 8.45. The number of esters is 2. The summed E-state index contributed by atoms with van der Waals surface area (Å²) in [5, 5.41) is 10.7. The van der Waals surface area contributed by atoms with Gasteiger partial charge in [0.15, 0.2) is 0 Å². The third-order valence-corrected chi connectivity index (χ3v) is 1.21. The Balaban J connectivity index is 0.00000121. The van der Waals surface area contributed by atoms with Crippen LogP contribution in [-0.2, 0) is 19.1 Å². The van der Waals surface area contributed by atoms with Crippen LogP contribution in [-0.4, -0.2) is 25.7 Å². The van der Waals surface area contributed by atoms with E-state index < -0.39 is 23.3 Å². The van der Waals surface area contributed by atoms with Crippen LogP contribution < -0.4 is 34.7 Å². The van der Waals surface area contributed by atoms with Crippen molar-refractivity contribution >= 4 is 11.9 Å². The first-order valence-electron chi connectivity index (χ1n) is 2.82. The van der Waals surface area contributed by atoms with Gasteiger partial charge in [-0.3, -0.25) is 0 Å². The average molecular weight is 180 g/mol. The Morgan fingerprint density at radius 2 is 2.25 bits per heavy atom. The zero-order valence-electron chi connectivity index (χ0n) is 6.75. The molecular formula is C6H5NaO5. The quantitative estimate of drug-likeness (QED) is 0.230. The fourth-order valence-corrected chi connectivity index (χ4v) is 0.688. The van der Waals surface area contributed by atoms with Gasteiger partial charge in [0.2, 0.25) is 0 Å². The van der Waals surface area contributed by atoms with E-state index in [9.17, 15) is 14.7 Å². The predicted octanol–water partition coefficient (Wildman–Crippen LogP) is -4.67. The second-order valence-electron chi connectivity index (χ2n) is 1.87. The summed E-state index contributed by atoms with van der Waals surface area (Å²) in [5.41, 5.74) is -0.521. The molecule has 60 valence electrons. The van der Waals surface area contributed by atoms with Crippen molar-refractivity contribution in [3.05, 3.63) is 11.3 Å². The van der Waals surface area contributed by atoms with Gasteiger partial charge < -0.3 is 14.6 Å². The van der Waals surface area contributed by atoms with E-state index in [1.165, 1.54) is 0 Å². The topological polar surface area (TPSA) is 75.7 Å². The maximum Gasteiger partial charge on any atom is 1.00 e. The second kappa shape index (κ2) is 4.49. The van der Waals surface area contributed by atoms with Gasteiger partial charge in [0.1, 0.15) is 12.2 Å². The average Bonchev–Trinajstić information content (AvgIpc) is 2.30. The van der Waals surface area contributed by atoms with Gasteiger partial charge in [0.05, 0.1) is 7.11 Å². The smallest absolute Gasteiger partial charge is 0.872 e. The van der Waals surface area contributed by atoms with Gasteiger partial charge >= 0.3 is 41.5 Å². The molecule has 1 heterocycles. The normalized spacial score (nSPS) is 15.2. The van der Waals surface area contributed by atoms with Crippen molar-refractivity contribution in [3.63, 3.8) is 0 Å². The number of methoxy groups -OCH3 is 1. The number of hydrogen-bond acceptors (Lipinski definition) is 5. The minimum Gasteiger partial charge on any atom is -0.872 e. The van der Waals surface area contributed by atoms with E-state index >= 15 is 0 Å². The molecule has 0 bridgehead atoms. The third kappa shape index (κ3) is 2.00. The Labute approximate surface area is 90.6 Å². The van der Waals surface area contributed by atoms with Crippen LogP contribution in [0.1, 0.15) is 0 Å². The molecule has 1 aliphatic rings. The zero-order valence-corrected chi connectivity index (χ0v) is 8.75. The standard InChI is InChI=1S/C6H6O5.Na/c1-10-5(8)4-3(7)2-11-6(4)9;/h7H,2H2,1H3;/q;+1/p-1. The van der Waals surface area contributed by atoms with Crippen molar-refractivity contribution < 1.29 is 53.7 Å². The largest absolute Gasteiger partial charge is 1.00 e. The van der Waals surface area contributed by atoms with Crippen molar-refractivity contribution in [3.8, 4) is 0 Å². The van der Waals surface area contributed by atoms with E-state index in [-0.39, 0.29) is 36.2 Å². The SMILES string of the molecule is COC(=O)C1=C([O-])COC1=O.[Na+]. The van der Waals surface area contributed by atoms with E-state index in [0.717, 1.165) is 7.11 Å². The fourth-order valence-electron chi connectivity index (χ4n) is 0.688. The van der Waals surface area contributed by atoms with E-state index in [2.05, 4.69) is 9.47 Å². The van der Waals surface area contributed by atoms with Gasteiger partial charge in [-0.15, -0.1) is 0 Å². The Hall–Kier alpha value is -0.520. The first-order valence-corrected chi connectivity index (χ1v) is 2.82. The Bertz CT molecular complexity index is 244. The van der Waals surface area contributed by atoms with Gasteiger partial charge in [-0.1, -0.05) is 5.76 Å². The Kier molecular flexibility index (Phi) is 4.30. The van der Waals surface area contributed by atoms with Gasteiger partial charge in [-0.2, -0.15) is 0 Å². The minimum atomic E-state index is -0.933. The molecule has 0 saturated heterocycles. The van der Waals surface area contributed by atoms with Crippen LogP contribution in [0.3, 0.4) is 0 Å². The van der Waals surface area contributed by atoms with E-state index in [0.29, 0.717) is 0 Å². The summed E-state index contributed by atoms with van der Waals surface area (Å²) in [6.45, 7) is -0.358. The molecule has 0 aliphatic carbocycles. The van der Waals surface area contributed by atoms with Crippen LogP contribution in [0.15, 0.2) is 11.3 Å². The molecule has 0 aromatic carbocycles. The molecule has 1 rings (SSSR count). The summed E-state index contributed by atoms with van der Waals surface area (Å²) in [4.78, 5) is 21.3. The number of rotatable bonds is 1. The number of cyclic esters (lactones) is 1. The molecule has 1 aliphatic heterocycles. The Morgan fingerprint density at radius 3 is 2.58 bits per heavy atom. The molecule has 0 aromatic rings. The summed E-state index contributed by atoms with van der Waals surface area (Å²) >= 11 is 0. The van der Waals surface area contributed by atoms with Crippen LogP contribution in [0.4, 0.5) is 0 Å². The minimum absolute atomic E-state index is 0. The molecule has 0 atom stereocenters. The monoisotopic (exact) mass is 180 g/mol. The van der Waals surface area contributed by atoms with E-state index in [4.69, 9.17) is 0 Å². The van der Waals surface area contributed by atoms with Crippen molar-refractivity contribution in [1.82, 2.24) is 0 Å². The predicted molar refractivity (Wildman–Crippen MR) is 30.0 cm³/mol. The summed E-state index contributed by atoms with van der Waals surface area (Å²) in [6.07, 6.45) is 0. The fraction of sp³-hybridized carbons (Fsp3) is 0.333. The van der Waals surface area contributed by atoms with Crippen LogP contribution in [0.5, 0.6) is 0 Å². The first kappa shape index (κ1) is 11.5. The van der Waals surface area contributed by atoms with Gasteiger partial charge in [-0.05, 0) is 0 Å². The molecule has 0 saturated carbocycles. The van der Waals surface area contributed by atoms with Gasteiger partial charge in [-0.25, -0.2) is 9.59 Å². The molecule has 0 N–H and O–H groups in total. The number of ether oxygens (including phenoxy) is 2. The van der Waals surface area contributed by atoms with Crippen molar-refractivity contribution in [2.24, 2.45) is 0 Å². The summed E-state index contributed by atoms with van der Waals surface area (Å²) in [7, 11) is 1.09. The molecule has 0 spiro atoms. The molecule has 5 nitrogen and oxygen atoms in total. The van der Waals surface area contributed by atoms with Gasteiger partial charge in [0, 0.05) is 0 Å². The molecular weight excluding hydrogens is 175 g/mol. The molecule has 6 heteroatoms. The number of carbonyl (C=O) groups excluding carboxylic acids is 2. The van der Waals surface area contributed by atoms with Crippen molar-refractivity contribution in [2.75, 3.05) is 13.7 Å². The maximum atomic E-state index is 10.7. The van der Waals surface area contributed by atoms with Crippen molar-refractivity contribution in [1.29, 1.82) is 0 Å². The first-order chi connectivity index (χ1) is 5.16. The molecule has 12 heavy (non-hydrogen) atoms. The number of hydrogen-bond donors (Lipinski definition) is 0. The van der Waals surface area contributed by atoms with E-state index in [1.807, 2.05) is 0 Å².